The predicted octanol–water partition coefficient (Wildman–Crippen LogP) is 2.99. The van der Waals surface area contributed by atoms with Gasteiger partial charge < -0.3 is 14.8 Å². The number of methoxy groups -OCH3 is 1. The Morgan fingerprint density at radius 1 is 1.17 bits per heavy atom. The van der Waals surface area contributed by atoms with Crippen LogP contribution < -0.4 is 5.32 Å². The van der Waals surface area contributed by atoms with Gasteiger partial charge in [0.1, 0.15) is 0 Å². The van der Waals surface area contributed by atoms with Gasteiger partial charge >= 0.3 is 0 Å². The summed E-state index contributed by atoms with van der Waals surface area (Å²) in [5.41, 5.74) is 0. The fourth-order valence-corrected chi connectivity index (χ4v) is 2.82. The van der Waals surface area contributed by atoms with E-state index < -0.39 is 0 Å². The zero-order valence-electron chi connectivity index (χ0n) is 12.4. The molecule has 3 nitrogen and oxygen atoms in total. The van der Waals surface area contributed by atoms with Gasteiger partial charge in [0.15, 0.2) is 0 Å². The van der Waals surface area contributed by atoms with E-state index in [2.05, 4.69) is 19.2 Å². The molecule has 1 saturated carbocycles. The fraction of sp³-hybridized carbons (Fsp3) is 1.00. The lowest BCUT2D eigenvalue weighted by Gasteiger charge is -2.32. The summed E-state index contributed by atoms with van der Waals surface area (Å²) in [6.07, 6.45) is 8.19. The van der Waals surface area contributed by atoms with E-state index in [-0.39, 0.29) is 0 Å². The Balaban J connectivity index is 2.29. The van der Waals surface area contributed by atoms with Gasteiger partial charge in [-0.25, -0.2) is 0 Å². The van der Waals surface area contributed by atoms with Gasteiger partial charge in [-0.15, -0.1) is 0 Å². The zero-order chi connectivity index (χ0) is 13.2. The Labute approximate surface area is 113 Å². The molecule has 1 N–H and O–H groups in total. The lowest BCUT2D eigenvalue weighted by molar-refractivity contribution is -0.0296. The summed E-state index contributed by atoms with van der Waals surface area (Å²) >= 11 is 0. The van der Waals surface area contributed by atoms with Crippen LogP contribution in [-0.4, -0.2) is 39.0 Å². The number of hydrogen-bond acceptors (Lipinski definition) is 3. The molecule has 0 radical (unpaired) electrons. The van der Waals surface area contributed by atoms with Crippen molar-refractivity contribution in [3.63, 3.8) is 0 Å². The highest BCUT2D eigenvalue weighted by molar-refractivity contribution is 4.76. The van der Waals surface area contributed by atoms with Crippen molar-refractivity contribution in [3.05, 3.63) is 0 Å². The van der Waals surface area contributed by atoms with Crippen LogP contribution >= 0.6 is 0 Å². The lowest BCUT2D eigenvalue weighted by atomic mass is 9.85. The molecule has 0 heterocycles. The highest BCUT2D eigenvalue weighted by Gasteiger charge is 2.25. The van der Waals surface area contributed by atoms with Gasteiger partial charge in [-0.1, -0.05) is 33.1 Å². The third-order valence-corrected chi connectivity index (χ3v) is 3.93. The van der Waals surface area contributed by atoms with Gasteiger partial charge in [0.2, 0.25) is 0 Å². The first-order valence-electron chi connectivity index (χ1n) is 7.65. The Hall–Kier alpha value is -0.120. The van der Waals surface area contributed by atoms with Crippen LogP contribution in [0.2, 0.25) is 0 Å². The van der Waals surface area contributed by atoms with Crippen LogP contribution in [-0.2, 0) is 9.47 Å². The summed E-state index contributed by atoms with van der Waals surface area (Å²) in [4.78, 5) is 0. The largest absolute Gasteiger partial charge is 0.383 e. The summed E-state index contributed by atoms with van der Waals surface area (Å²) in [7, 11) is 1.76. The SMILES string of the molecule is CCCNC(COC)COC1CCCCC1CC. The highest BCUT2D eigenvalue weighted by atomic mass is 16.5. The first-order chi connectivity index (χ1) is 8.81. The van der Waals surface area contributed by atoms with Crippen LogP contribution in [0, 0.1) is 5.92 Å². The minimum absolute atomic E-state index is 0.342. The molecule has 0 aromatic rings. The molecule has 18 heavy (non-hydrogen) atoms. The topological polar surface area (TPSA) is 30.5 Å². The molecule has 3 heteroatoms. The van der Waals surface area contributed by atoms with Crippen molar-refractivity contribution < 1.29 is 9.47 Å². The van der Waals surface area contributed by atoms with Gasteiger partial charge in [0.25, 0.3) is 0 Å². The molecule has 0 aromatic carbocycles. The molecule has 3 unspecified atom stereocenters. The van der Waals surface area contributed by atoms with Crippen LogP contribution in [0.3, 0.4) is 0 Å². The summed E-state index contributed by atoms with van der Waals surface area (Å²) in [6, 6.07) is 0.342. The third-order valence-electron chi connectivity index (χ3n) is 3.93. The number of ether oxygens (including phenoxy) is 2. The minimum Gasteiger partial charge on any atom is -0.383 e. The van der Waals surface area contributed by atoms with E-state index >= 15 is 0 Å². The molecule has 0 saturated heterocycles. The zero-order valence-corrected chi connectivity index (χ0v) is 12.4. The molecule has 3 atom stereocenters. The Morgan fingerprint density at radius 3 is 2.61 bits per heavy atom. The van der Waals surface area contributed by atoms with E-state index in [4.69, 9.17) is 9.47 Å². The van der Waals surface area contributed by atoms with Gasteiger partial charge in [0.05, 0.1) is 25.4 Å². The lowest BCUT2D eigenvalue weighted by Crippen LogP contribution is -2.40. The summed E-state index contributed by atoms with van der Waals surface area (Å²) in [5, 5.41) is 3.49. The van der Waals surface area contributed by atoms with Crippen molar-refractivity contribution in [2.45, 2.75) is 64.5 Å². The summed E-state index contributed by atoms with van der Waals surface area (Å²) in [6.45, 7) is 7.04. The van der Waals surface area contributed by atoms with E-state index in [1.807, 2.05) is 0 Å². The van der Waals surface area contributed by atoms with Crippen molar-refractivity contribution in [1.82, 2.24) is 5.32 Å². The Bertz CT molecular complexity index is 199. The van der Waals surface area contributed by atoms with Crippen molar-refractivity contribution in [3.8, 4) is 0 Å². The maximum Gasteiger partial charge on any atom is 0.0646 e. The molecule has 0 aliphatic heterocycles. The smallest absolute Gasteiger partial charge is 0.0646 e. The first kappa shape index (κ1) is 15.9. The predicted molar refractivity (Wildman–Crippen MR) is 75.9 cm³/mol. The average Bonchev–Trinajstić information content (AvgIpc) is 2.42. The van der Waals surface area contributed by atoms with E-state index in [9.17, 15) is 0 Å². The number of rotatable bonds is 9. The molecule has 108 valence electrons. The van der Waals surface area contributed by atoms with Gasteiger partial charge in [-0.05, 0) is 31.7 Å². The molecule has 0 aromatic heterocycles. The molecule has 0 bridgehead atoms. The molecular formula is C15H31NO2. The van der Waals surface area contributed by atoms with Crippen LogP contribution in [0.4, 0.5) is 0 Å². The third kappa shape index (κ3) is 5.68. The van der Waals surface area contributed by atoms with Gasteiger partial charge in [-0.3, -0.25) is 0 Å². The Kier molecular flexibility index (Phi) is 8.64. The summed E-state index contributed by atoms with van der Waals surface area (Å²) < 4.78 is 11.4. The normalized spacial score (nSPS) is 26.2. The van der Waals surface area contributed by atoms with Crippen LogP contribution in [0.15, 0.2) is 0 Å². The maximum absolute atomic E-state index is 6.16. The second kappa shape index (κ2) is 9.76. The van der Waals surface area contributed by atoms with E-state index in [1.54, 1.807) is 7.11 Å². The quantitative estimate of drug-likeness (QED) is 0.689. The van der Waals surface area contributed by atoms with E-state index in [1.165, 1.54) is 32.1 Å². The monoisotopic (exact) mass is 257 g/mol. The van der Waals surface area contributed by atoms with E-state index in [0.29, 0.717) is 12.1 Å². The molecule has 1 fully saturated rings. The molecule has 1 aliphatic carbocycles. The van der Waals surface area contributed by atoms with Crippen LogP contribution in [0.25, 0.3) is 0 Å². The van der Waals surface area contributed by atoms with E-state index in [0.717, 1.165) is 32.1 Å². The van der Waals surface area contributed by atoms with Gasteiger partial charge in [0, 0.05) is 7.11 Å². The molecule has 1 aliphatic rings. The number of hydrogen-bond donors (Lipinski definition) is 1. The minimum atomic E-state index is 0.342. The summed E-state index contributed by atoms with van der Waals surface area (Å²) in [5.74, 6) is 0.771. The van der Waals surface area contributed by atoms with Crippen molar-refractivity contribution in [1.29, 1.82) is 0 Å². The van der Waals surface area contributed by atoms with Crippen molar-refractivity contribution in [2.24, 2.45) is 5.92 Å². The fourth-order valence-electron chi connectivity index (χ4n) is 2.82. The first-order valence-corrected chi connectivity index (χ1v) is 7.65. The molecule has 0 amide bonds. The average molecular weight is 257 g/mol. The van der Waals surface area contributed by atoms with Crippen LogP contribution in [0.1, 0.15) is 52.4 Å². The highest BCUT2D eigenvalue weighted by Crippen LogP contribution is 2.29. The maximum atomic E-state index is 6.16. The van der Waals surface area contributed by atoms with Gasteiger partial charge in [-0.2, -0.15) is 0 Å². The van der Waals surface area contributed by atoms with Crippen LogP contribution in [0.5, 0.6) is 0 Å². The Morgan fingerprint density at radius 2 is 1.94 bits per heavy atom. The second-order valence-electron chi connectivity index (χ2n) is 5.43. The number of nitrogens with one attached hydrogen (secondary N) is 1. The molecule has 0 spiro atoms. The molecule has 1 rings (SSSR count). The van der Waals surface area contributed by atoms with Crippen molar-refractivity contribution in [2.75, 3.05) is 26.9 Å². The van der Waals surface area contributed by atoms with Crippen molar-refractivity contribution >= 4 is 0 Å². The second-order valence-corrected chi connectivity index (χ2v) is 5.43. The molecular weight excluding hydrogens is 226 g/mol. The standard InChI is InChI=1S/C15H31NO2/c1-4-10-16-14(11-17-3)12-18-15-9-7-6-8-13(15)5-2/h13-16H,4-12H2,1-3H3.